The molecule has 0 bridgehead atoms. The summed E-state index contributed by atoms with van der Waals surface area (Å²) >= 11 is 0. The summed E-state index contributed by atoms with van der Waals surface area (Å²) in [7, 11) is 0. The Morgan fingerprint density at radius 1 is 1.27 bits per heavy atom. The molecule has 2 rings (SSSR count). The summed E-state index contributed by atoms with van der Waals surface area (Å²) in [4.78, 5) is 41.6. The van der Waals surface area contributed by atoms with Crippen molar-refractivity contribution in [1.29, 1.82) is 0 Å². The van der Waals surface area contributed by atoms with Crippen LogP contribution >= 0.6 is 0 Å². The molecule has 1 aromatic rings. The fourth-order valence-corrected chi connectivity index (χ4v) is 3.20. The first kappa shape index (κ1) is 23.3. The number of carboxylic acids is 1. The van der Waals surface area contributed by atoms with Crippen LogP contribution in [0.1, 0.15) is 69.8 Å². The number of carbonyl (C=O) groups is 3. The number of carboxylic acid groups (broad SMARTS) is 1. The summed E-state index contributed by atoms with van der Waals surface area (Å²) < 4.78 is 19.1. The van der Waals surface area contributed by atoms with E-state index in [1.165, 1.54) is 11.0 Å². The zero-order valence-electron chi connectivity index (χ0n) is 17.9. The van der Waals surface area contributed by atoms with Crippen molar-refractivity contribution in [3.8, 4) is 0 Å². The molecule has 2 amide bonds. The Hall–Kier alpha value is -2.97. The van der Waals surface area contributed by atoms with Gasteiger partial charge in [0.05, 0.1) is 18.5 Å². The molecule has 8 nitrogen and oxygen atoms in total. The Morgan fingerprint density at radius 2 is 1.90 bits per heavy atom. The maximum atomic E-state index is 13.9. The Kier molecular flexibility index (Phi) is 6.84. The van der Waals surface area contributed by atoms with Crippen LogP contribution in [0.15, 0.2) is 23.2 Å². The van der Waals surface area contributed by atoms with Crippen LogP contribution in [0, 0.1) is 5.82 Å². The zero-order chi connectivity index (χ0) is 22.7. The van der Waals surface area contributed by atoms with E-state index in [9.17, 15) is 18.8 Å². The topological polar surface area (TPSA) is 108 Å². The highest BCUT2D eigenvalue weighted by molar-refractivity contribution is 6.03. The molecule has 1 aliphatic rings. The van der Waals surface area contributed by atoms with Crippen LogP contribution in [0.5, 0.6) is 0 Å². The molecule has 164 valence electrons. The molecule has 9 heteroatoms. The number of amides is 2. The summed E-state index contributed by atoms with van der Waals surface area (Å²) in [6.07, 6.45) is 0.546. The van der Waals surface area contributed by atoms with E-state index in [2.05, 4.69) is 10.3 Å². The molecule has 0 saturated carbocycles. The van der Waals surface area contributed by atoms with Gasteiger partial charge in [0.1, 0.15) is 11.4 Å². The average Bonchev–Trinajstić information content (AvgIpc) is 2.62. The number of carbonyl (C=O) groups excluding carboxylic acids is 2. The molecule has 1 saturated heterocycles. The van der Waals surface area contributed by atoms with Gasteiger partial charge in [-0.2, -0.15) is 0 Å². The molecule has 1 heterocycles. The first-order valence-electron chi connectivity index (χ1n) is 9.81. The average molecular weight is 421 g/mol. The van der Waals surface area contributed by atoms with Crippen molar-refractivity contribution < 1.29 is 28.6 Å². The smallest absolute Gasteiger partial charge is 0.437 e. The van der Waals surface area contributed by atoms with Crippen molar-refractivity contribution in [3.05, 3.63) is 35.1 Å². The number of aromatic carboxylic acids is 1. The third-order valence-electron chi connectivity index (χ3n) is 4.91. The van der Waals surface area contributed by atoms with Crippen molar-refractivity contribution in [1.82, 2.24) is 10.2 Å². The van der Waals surface area contributed by atoms with Gasteiger partial charge < -0.3 is 15.2 Å². The quantitative estimate of drug-likeness (QED) is 0.751. The van der Waals surface area contributed by atoms with Crippen LogP contribution in [0.25, 0.3) is 0 Å². The molecule has 0 aromatic heterocycles. The maximum Gasteiger partial charge on any atom is 0.437 e. The summed E-state index contributed by atoms with van der Waals surface area (Å²) in [6, 6.07) is 3.33. The van der Waals surface area contributed by atoms with Crippen molar-refractivity contribution in [2.75, 3.05) is 0 Å². The number of aliphatic imine (C=N–C) groups is 1. The van der Waals surface area contributed by atoms with E-state index >= 15 is 0 Å². The van der Waals surface area contributed by atoms with Crippen LogP contribution in [-0.2, 0) is 16.1 Å². The van der Waals surface area contributed by atoms with Crippen LogP contribution in [0.4, 0.5) is 9.18 Å². The number of guanidine groups is 1. The minimum Gasteiger partial charge on any atom is -0.478 e. The molecule has 0 spiro atoms. The molecule has 30 heavy (non-hydrogen) atoms. The molecule has 0 unspecified atom stereocenters. The summed E-state index contributed by atoms with van der Waals surface area (Å²) in [5.41, 5.74) is -1.30. The SMILES string of the molecule is CCC1(CC)CC(=O)N(Cc2cc(F)cc(C(=O)O)c2)C(=NC(=O)OC(C)(C)C)N1. The first-order chi connectivity index (χ1) is 13.9. The molecule has 0 aliphatic carbocycles. The standard InChI is InChI=1S/C21H28FN3O5/c1-6-21(7-2)11-16(26)25(18(24-21)23-19(29)30-20(3,4)5)12-13-8-14(17(27)28)10-15(22)9-13/h8-10H,6-7,11-12H2,1-5H3,(H,27,28)(H,23,24,29). The lowest BCUT2D eigenvalue weighted by molar-refractivity contribution is -0.131. The van der Waals surface area contributed by atoms with Gasteiger partial charge in [-0.05, 0) is 57.4 Å². The highest BCUT2D eigenvalue weighted by Gasteiger charge is 2.40. The monoisotopic (exact) mass is 421 g/mol. The zero-order valence-corrected chi connectivity index (χ0v) is 17.9. The van der Waals surface area contributed by atoms with E-state index in [1.54, 1.807) is 20.8 Å². The fourth-order valence-electron chi connectivity index (χ4n) is 3.20. The normalized spacial score (nSPS) is 17.6. The van der Waals surface area contributed by atoms with Crippen molar-refractivity contribution in [3.63, 3.8) is 0 Å². The van der Waals surface area contributed by atoms with Crippen molar-refractivity contribution >= 4 is 23.9 Å². The van der Waals surface area contributed by atoms with Gasteiger partial charge >= 0.3 is 12.1 Å². The number of rotatable bonds is 5. The lowest BCUT2D eigenvalue weighted by Gasteiger charge is -2.42. The van der Waals surface area contributed by atoms with Crippen LogP contribution < -0.4 is 5.32 Å². The summed E-state index contributed by atoms with van der Waals surface area (Å²) in [6.45, 7) is 8.81. The Morgan fingerprint density at radius 3 is 2.43 bits per heavy atom. The Balaban J connectivity index is 2.43. The predicted molar refractivity (Wildman–Crippen MR) is 109 cm³/mol. The minimum absolute atomic E-state index is 0.00494. The van der Waals surface area contributed by atoms with Gasteiger partial charge in [0.25, 0.3) is 0 Å². The molecule has 1 aliphatic heterocycles. The van der Waals surface area contributed by atoms with Crippen molar-refractivity contribution in [2.45, 2.75) is 71.6 Å². The molecule has 0 atom stereocenters. The van der Waals surface area contributed by atoms with Gasteiger partial charge in [0, 0.05) is 5.54 Å². The number of hydrogen-bond acceptors (Lipinski definition) is 4. The molecule has 2 N–H and O–H groups in total. The van der Waals surface area contributed by atoms with Crippen LogP contribution in [0.2, 0.25) is 0 Å². The van der Waals surface area contributed by atoms with Gasteiger partial charge in [-0.1, -0.05) is 13.8 Å². The number of nitrogens with one attached hydrogen (secondary N) is 1. The number of ether oxygens (including phenoxy) is 1. The second-order valence-electron chi connectivity index (χ2n) is 8.34. The molecule has 1 fully saturated rings. The molecule has 0 radical (unpaired) electrons. The van der Waals surface area contributed by atoms with Gasteiger partial charge in [-0.15, -0.1) is 4.99 Å². The van der Waals surface area contributed by atoms with Crippen LogP contribution in [0.3, 0.4) is 0 Å². The second-order valence-corrected chi connectivity index (χ2v) is 8.34. The second kappa shape index (κ2) is 8.81. The third kappa shape index (κ3) is 5.77. The van der Waals surface area contributed by atoms with E-state index in [-0.39, 0.29) is 36.0 Å². The van der Waals surface area contributed by atoms with E-state index in [0.717, 1.165) is 12.1 Å². The van der Waals surface area contributed by atoms with Gasteiger partial charge in [-0.25, -0.2) is 14.0 Å². The largest absolute Gasteiger partial charge is 0.478 e. The Bertz CT molecular complexity index is 872. The maximum absolute atomic E-state index is 13.9. The molecular weight excluding hydrogens is 393 g/mol. The molecule has 1 aromatic carbocycles. The first-order valence-corrected chi connectivity index (χ1v) is 9.81. The third-order valence-corrected chi connectivity index (χ3v) is 4.91. The lowest BCUT2D eigenvalue weighted by atomic mass is 9.87. The van der Waals surface area contributed by atoms with E-state index < -0.39 is 29.0 Å². The van der Waals surface area contributed by atoms with Crippen LogP contribution in [-0.4, -0.2) is 45.1 Å². The highest BCUT2D eigenvalue weighted by Crippen LogP contribution is 2.27. The lowest BCUT2D eigenvalue weighted by Crippen LogP contribution is -2.62. The van der Waals surface area contributed by atoms with E-state index in [1.807, 2.05) is 13.8 Å². The number of nitrogens with zero attached hydrogens (tertiary/aromatic N) is 2. The van der Waals surface area contributed by atoms with Gasteiger partial charge in [-0.3, -0.25) is 9.69 Å². The minimum atomic E-state index is -1.28. The molecular formula is C21H28FN3O5. The number of hydrogen-bond donors (Lipinski definition) is 2. The fraction of sp³-hybridized carbons (Fsp3) is 0.524. The van der Waals surface area contributed by atoms with E-state index in [0.29, 0.717) is 12.8 Å². The van der Waals surface area contributed by atoms with E-state index in [4.69, 9.17) is 9.84 Å². The van der Waals surface area contributed by atoms with Gasteiger partial charge in [0.15, 0.2) is 0 Å². The summed E-state index contributed by atoms with van der Waals surface area (Å²) in [5.74, 6) is -2.31. The van der Waals surface area contributed by atoms with Gasteiger partial charge in [0.2, 0.25) is 11.9 Å². The number of halogens is 1. The highest BCUT2D eigenvalue weighted by atomic mass is 19.1. The van der Waals surface area contributed by atoms with Crippen molar-refractivity contribution in [2.24, 2.45) is 4.99 Å². The Labute approximate surface area is 175 Å². The predicted octanol–water partition coefficient (Wildman–Crippen LogP) is 3.70. The number of benzene rings is 1. The summed E-state index contributed by atoms with van der Waals surface area (Å²) in [5, 5.41) is 12.3.